The number of pyridine rings is 1. The Kier molecular flexibility index (Phi) is 15.3. The summed E-state index contributed by atoms with van der Waals surface area (Å²) in [6.07, 6.45) is 9.72. The zero-order valence-corrected chi connectivity index (χ0v) is 44.7. The first kappa shape index (κ1) is 53.9. The Morgan fingerprint density at radius 2 is 1.63 bits per heavy atom. The summed E-state index contributed by atoms with van der Waals surface area (Å²) in [6.45, 7) is 14.9. The Bertz CT molecular complexity index is 3120. The first-order valence-electron chi connectivity index (χ1n) is 25.8. The summed E-state index contributed by atoms with van der Waals surface area (Å²) >= 11 is 0. The number of amides is 2. The molecule has 2 aromatic heterocycles. The van der Waals surface area contributed by atoms with Gasteiger partial charge in [-0.15, -0.1) is 0 Å². The number of aromatic amines is 1. The average molecular weight is 1080 g/mol. The predicted octanol–water partition coefficient (Wildman–Crippen LogP) is 9.83. The van der Waals surface area contributed by atoms with Crippen LogP contribution in [0, 0.1) is 5.41 Å². The molecule has 5 heterocycles. The zero-order valence-electron chi connectivity index (χ0n) is 43.1. The lowest BCUT2D eigenvalue weighted by Crippen LogP contribution is -2.54. The second-order valence-corrected chi connectivity index (χ2v) is 25.3. The van der Waals surface area contributed by atoms with Crippen LogP contribution in [0.1, 0.15) is 113 Å². The van der Waals surface area contributed by atoms with Gasteiger partial charge in [0.25, 0.3) is 25.8 Å². The molecule has 9 rings (SSSR count). The van der Waals surface area contributed by atoms with Crippen LogP contribution in [0.5, 0.6) is 11.5 Å². The minimum atomic E-state index is -6.09. The molecule has 2 amide bonds. The number of piperazine rings is 1. The number of ether oxygens (including phenoxy) is 2. The Morgan fingerprint density at radius 3 is 2.33 bits per heavy atom. The third-order valence-corrected chi connectivity index (χ3v) is 18.0. The molecule has 3 saturated heterocycles. The number of hydrogen-bond acceptors (Lipinski definition) is 13. The van der Waals surface area contributed by atoms with E-state index < -0.39 is 58.4 Å². The molecule has 0 radical (unpaired) electrons. The van der Waals surface area contributed by atoms with Crippen molar-refractivity contribution in [3.05, 3.63) is 102 Å². The molecule has 1 saturated carbocycles. The number of anilines is 2. The summed E-state index contributed by atoms with van der Waals surface area (Å²) in [5.41, 5.74) is -2.61. The van der Waals surface area contributed by atoms with Crippen LogP contribution in [-0.2, 0) is 24.6 Å². The van der Waals surface area contributed by atoms with Crippen LogP contribution in [0.4, 0.5) is 29.3 Å². The molecule has 4 aliphatic rings. The van der Waals surface area contributed by atoms with Gasteiger partial charge in [0.15, 0.2) is 0 Å². The maximum atomic E-state index is 14.2. The van der Waals surface area contributed by atoms with Crippen molar-refractivity contribution in [2.75, 3.05) is 69.1 Å². The van der Waals surface area contributed by atoms with Gasteiger partial charge in [0, 0.05) is 81.2 Å². The summed E-state index contributed by atoms with van der Waals surface area (Å²) in [4.78, 5) is 40.4. The smallest absolute Gasteiger partial charge is 0.455 e. The molecule has 3 aliphatic heterocycles. The van der Waals surface area contributed by atoms with Crippen molar-refractivity contribution in [1.82, 2.24) is 29.4 Å². The molecule has 75 heavy (non-hydrogen) atoms. The minimum Gasteiger partial charge on any atom is -0.455 e. The minimum absolute atomic E-state index is 0.00689. The van der Waals surface area contributed by atoms with Crippen LogP contribution in [0.25, 0.3) is 11.0 Å². The highest BCUT2D eigenvalue weighted by Gasteiger charge is 2.51. The molecular formula is C54H67F3N8O8S2. The number of carbonyl (C=O) groups excluding carboxylic acids is 2. The molecule has 21 heteroatoms. The number of halogens is 3. The number of nitrogens with zero attached hydrogens (tertiary/aromatic N) is 5. The monoisotopic (exact) mass is 1080 g/mol. The van der Waals surface area contributed by atoms with Crippen LogP contribution in [0.15, 0.2) is 95.0 Å². The van der Waals surface area contributed by atoms with Gasteiger partial charge in [-0.1, -0.05) is 38.1 Å². The molecule has 1 atom stereocenters. The van der Waals surface area contributed by atoms with Crippen LogP contribution in [-0.4, -0.2) is 130 Å². The third-order valence-electron chi connectivity index (χ3n) is 15.2. The number of aromatic nitrogens is 2. The molecule has 4 fully saturated rings. The van der Waals surface area contributed by atoms with Gasteiger partial charge in [-0.2, -0.15) is 13.2 Å². The molecule has 0 bridgehead atoms. The van der Waals surface area contributed by atoms with Crippen molar-refractivity contribution in [2.24, 2.45) is 5.41 Å². The fraction of sp³-hybridized carbons (Fsp3) is 0.500. The molecule has 0 unspecified atom stereocenters. The number of sulfone groups is 1. The van der Waals surface area contributed by atoms with E-state index in [2.05, 4.69) is 68.1 Å². The standard InChI is InChI=1S/C54H67F3N8O8S2/c1-36(2)42-10-6-7-11-43(42)46-12-8-23-65(46)39-33-53(34-39)18-24-63(25-19-53)38-13-15-44(47(31-38)72-40-30-37-17-21-59-49(37)60-35-40)50(66)61-75(70,71)41-14-16-45(48(32-41)74(68,69)54(55,56)57)58-20-9-22-62-26-28-64(29-27-62)51(67)73-52(3,4)5/h6-7,10-11,13-17,21,30-32,35-36,39,46,58H,8-9,12,18-20,22-29,33-34H2,1-5H3,(H,59,60)(H,61,66)/t46-/m0/s1. The summed E-state index contributed by atoms with van der Waals surface area (Å²) in [6, 6.07) is 20.4. The zero-order chi connectivity index (χ0) is 53.5. The van der Waals surface area contributed by atoms with Gasteiger partial charge in [-0.05, 0) is 144 Å². The molecular weight excluding hydrogens is 1010 g/mol. The van der Waals surface area contributed by atoms with E-state index in [4.69, 9.17) is 9.47 Å². The predicted molar refractivity (Wildman–Crippen MR) is 280 cm³/mol. The molecule has 404 valence electrons. The maximum Gasteiger partial charge on any atom is 0.501 e. The highest BCUT2D eigenvalue weighted by atomic mass is 32.2. The quantitative estimate of drug-likeness (QED) is 0.0842. The van der Waals surface area contributed by atoms with Crippen molar-refractivity contribution in [1.29, 1.82) is 0 Å². The first-order chi connectivity index (χ1) is 35.5. The largest absolute Gasteiger partial charge is 0.501 e. The number of sulfonamides is 1. The van der Waals surface area contributed by atoms with E-state index in [1.807, 2.05) is 4.72 Å². The second-order valence-electron chi connectivity index (χ2n) is 21.7. The van der Waals surface area contributed by atoms with Gasteiger partial charge in [-0.25, -0.2) is 31.3 Å². The highest BCUT2D eigenvalue weighted by Crippen LogP contribution is 2.54. The molecule has 3 N–H and O–H groups in total. The van der Waals surface area contributed by atoms with Gasteiger partial charge < -0.3 is 29.6 Å². The number of likely N-dealkylation sites (tertiary alicyclic amines) is 1. The van der Waals surface area contributed by atoms with Crippen molar-refractivity contribution < 1.29 is 49.1 Å². The van der Waals surface area contributed by atoms with Gasteiger partial charge >= 0.3 is 11.6 Å². The second kappa shape index (κ2) is 21.3. The van der Waals surface area contributed by atoms with E-state index in [0.29, 0.717) is 68.9 Å². The van der Waals surface area contributed by atoms with Crippen molar-refractivity contribution in [2.45, 2.75) is 118 Å². The molecule has 1 spiro atoms. The Labute approximate surface area is 437 Å². The van der Waals surface area contributed by atoms with Crippen molar-refractivity contribution in [3.8, 4) is 11.5 Å². The van der Waals surface area contributed by atoms with Crippen molar-refractivity contribution in [3.63, 3.8) is 0 Å². The van der Waals surface area contributed by atoms with E-state index >= 15 is 0 Å². The van der Waals surface area contributed by atoms with E-state index in [9.17, 15) is 39.6 Å². The lowest BCUT2D eigenvalue weighted by atomic mass is 9.59. The maximum absolute atomic E-state index is 14.2. The van der Waals surface area contributed by atoms with Crippen LogP contribution in [0.3, 0.4) is 0 Å². The van der Waals surface area contributed by atoms with Gasteiger partial charge in [0.1, 0.15) is 27.6 Å². The average Bonchev–Trinajstić information content (AvgIpc) is 4.04. The van der Waals surface area contributed by atoms with Crippen LogP contribution < -0.4 is 19.7 Å². The Morgan fingerprint density at radius 1 is 0.893 bits per heavy atom. The summed E-state index contributed by atoms with van der Waals surface area (Å²) in [7, 11) is -11.1. The van der Waals surface area contributed by atoms with E-state index in [1.165, 1.54) is 36.2 Å². The lowest BCUT2D eigenvalue weighted by molar-refractivity contribution is -0.0436. The number of hydrogen-bond donors (Lipinski definition) is 3. The Balaban J connectivity index is 0.879. The molecule has 1 aliphatic carbocycles. The Hall–Kier alpha value is -5.90. The number of carbonyl (C=O) groups is 2. The van der Waals surface area contributed by atoms with E-state index in [-0.39, 0.29) is 29.0 Å². The number of fused-ring (bicyclic) bond motifs is 1. The van der Waals surface area contributed by atoms with Crippen LogP contribution >= 0.6 is 0 Å². The fourth-order valence-corrected chi connectivity index (χ4v) is 13.2. The van der Waals surface area contributed by atoms with Crippen LogP contribution in [0.2, 0.25) is 0 Å². The molecule has 3 aromatic carbocycles. The highest BCUT2D eigenvalue weighted by molar-refractivity contribution is 7.92. The van der Waals surface area contributed by atoms with E-state index in [0.717, 1.165) is 68.5 Å². The van der Waals surface area contributed by atoms with Crippen molar-refractivity contribution >= 4 is 54.3 Å². The number of H-pyrrole nitrogens is 1. The summed E-state index contributed by atoms with van der Waals surface area (Å²) in [5.74, 6) is -0.433. The molecule has 16 nitrogen and oxygen atoms in total. The number of rotatable bonds is 15. The lowest BCUT2D eigenvalue weighted by Gasteiger charge is -2.56. The van der Waals surface area contributed by atoms with Gasteiger partial charge in [0.05, 0.1) is 22.3 Å². The molecule has 5 aromatic rings. The topological polar surface area (TPSA) is 187 Å². The first-order valence-corrected chi connectivity index (χ1v) is 28.8. The van der Waals surface area contributed by atoms with Gasteiger partial charge in [0.2, 0.25) is 0 Å². The van der Waals surface area contributed by atoms with E-state index in [1.54, 1.807) is 56.1 Å². The SMILES string of the molecule is CC(C)c1ccccc1[C@@H]1CCCN1C1CC2(CCN(c3ccc(C(=O)NS(=O)(=O)c4ccc(NCCCN5CCN(C(=O)OC(C)(C)C)CC5)c(S(=O)(=O)C(F)(F)F)c4)c(Oc4cnc5[nH]ccc5c4)c3)CC2)C1. The normalized spacial score (nSPS) is 19.1. The fourth-order valence-electron chi connectivity index (χ4n) is 11.2. The number of piperidine rings is 1. The van der Waals surface area contributed by atoms with Gasteiger partial charge in [-0.3, -0.25) is 14.6 Å². The number of nitrogens with one attached hydrogen (secondary N) is 3. The summed E-state index contributed by atoms with van der Waals surface area (Å²) in [5, 5.41) is 3.46. The third kappa shape index (κ3) is 11.9. The number of alkyl halides is 3. The number of benzene rings is 3. The summed E-state index contributed by atoms with van der Waals surface area (Å²) < 4.78 is 110.